The van der Waals surface area contributed by atoms with Gasteiger partial charge in [-0.1, -0.05) is 60.2 Å². The van der Waals surface area contributed by atoms with Gasteiger partial charge >= 0.3 is 0 Å². The van der Waals surface area contributed by atoms with Crippen LogP contribution >= 0.6 is 0 Å². The molecule has 3 aromatic carbocycles. The standard InChI is InChI=1S/C27H26N4O3/c1-18-12-14-19(15-13-18)22-16-23(20-8-4-6-10-24(20)33-2)31-27(28-17-29-31)30(22)26(32)21-9-5-7-11-25(21)34-3/h4-15,17,22-23H,16H2,1-3H3/t22-,23+/m0/s1. The third-order valence-electron chi connectivity index (χ3n) is 6.34. The van der Waals surface area contributed by atoms with Gasteiger partial charge in [-0.15, -0.1) is 0 Å². The molecule has 0 saturated carbocycles. The van der Waals surface area contributed by atoms with E-state index in [4.69, 9.17) is 9.47 Å². The van der Waals surface area contributed by atoms with Crippen LogP contribution in [-0.2, 0) is 0 Å². The van der Waals surface area contributed by atoms with Gasteiger partial charge in [-0.3, -0.25) is 9.69 Å². The quantitative estimate of drug-likeness (QED) is 0.425. The molecule has 0 spiro atoms. The molecule has 0 fully saturated rings. The van der Waals surface area contributed by atoms with Gasteiger partial charge < -0.3 is 9.47 Å². The van der Waals surface area contributed by atoms with E-state index < -0.39 is 0 Å². The van der Waals surface area contributed by atoms with Crippen LogP contribution in [0.1, 0.15) is 45.6 Å². The smallest absolute Gasteiger partial charge is 0.264 e. The molecule has 0 saturated heterocycles. The molecule has 1 aliphatic rings. The number of hydrogen-bond acceptors (Lipinski definition) is 5. The molecule has 0 N–H and O–H groups in total. The van der Waals surface area contributed by atoms with Gasteiger partial charge in [0.15, 0.2) is 0 Å². The Balaban J connectivity index is 1.68. The van der Waals surface area contributed by atoms with Crippen LogP contribution in [-0.4, -0.2) is 34.9 Å². The number of benzene rings is 3. The van der Waals surface area contributed by atoms with Crippen molar-refractivity contribution >= 4 is 11.9 Å². The van der Waals surface area contributed by atoms with E-state index in [1.54, 1.807) is 31.3 Å². The van der Waals surface area contributed by atoms with Gasteiger partial charge in [0, 0.05) is 5.56 Å². The SMILES string of the molecule is COc1ccccc1C(=O)N1c2ncnn2[C@@H](c2ccccc2OC)C[C@H]1c1ccc(C)cc1. The largest absolute Gasteiger partial charge is 0.496 e. The molecule has 1 aromatic heterocycles. The molecule has 0 aliphatic carbocycles. The number of para-hydroxylation sites is 2. The lowest BCUT2D eigenvalue weighted by Gasteiger charge is -2.39. The molecule has 7 heteroatoms. The Bertz CT molecular complexity index is 1320. The number of carbonyl (C=O) groups is 1. The normalized spacial score (nSPS) is 17.2. The fourth-order valence-corrected chi connectivity index (χ4v) is 4.65. The minimum Gasteiger partial charge on any atom is -0.496 e. The molecule has 7 nitrogen and oxygen atoms in total. The number of rotatable bonds is 5. The van der Waals surface area contributed by atoms with Crippen LogP contribution in [0.25, 0.3) is 0 Å². The van der Waals surface area contributed by atoms with Crippen molar-refractivity contribution in [1.82, 2.24) is 14.8 Å². The van der Waals surface area contributed by atoms with Gasteiger partial charge in [0.2, 0.25) is 5.95 Å². The van der Waals surface area contributed by atoms with Crippen molar-refractivity contribution in [3.63, 3.8) is 0 Å². The highest BCUT2D eigenvalue weighted by atomic mass is 16.5. The van der Waals surface area contributed by atoms with Gasteiger partial charge in [0.25, 0.3) is 5.91 Å². The zero-order chi connectivity index (χ0) is 23.7. The second kappa shape index (κ2) is 9.02. The first-order chi connectivity index (χ1) is 16.6. The summed E-state index contributed by atoms with van der Waals surface area (Å²) in [4.78, 5) is 20.3. The van der Waals surface area contributed by atoms with Crippen molar-refractivity contribution in [3.8, 4) is 11.5 Å². The van der Waals surface area contributed by atoms with Crippen molar-refractivity contribution in [2.24, 2.45) is 0 Å². The lowest BCUT2D eigenvalue weighted by Crippen LogP contribution is -2.42. The van der Waals surface area contributed by atoms with Gasteiger partial charge in [-0.05, 0) is 37.1 Å². The van der Waals surface area contributed by atoms with Gasteiger partial charge in [0.1, 0.15) is 17.8 Å². The lowest BCUT2D eigenvalue weighted by molar-refractivity contribution is 0.0960. The fraction of sp³-hybridized carbons (Fsp3) is 0.222. The summed E-state index contributed by atoms with van der Waals surface area (Å²) in [6, 6.07) is 23.1. The highest BCUT2D eigenvalue weighted by Gasteiger charge is 2.41. The molecule has 2 atom stereocenters. The molecule has 172 valence electrons. The summed E-state index contributed by atoms with van der Waals surface area (Å²) in [5, 5.41) is 4.53. The van der Waals surface area contributed by atoms with E-state index >= 15 is 0 Å². The topological polar surface area (TPSA) is 69.5 Å². The van der Waals surface area contributed by atoms with Crippen LogP contribution in [0.4, 0.5) is 5.95 Å². The minimum absolute atomic E-state index is 0.151. The van der Waals surface area contributed by atoms with E-state index in [0.29, 0.717) is 23.7 Å². The second-order valence-electron chi connectivity index (χ2n) is 8.30. The van der Waals surface area contributed by atoms with Crippen molar-refractivity contribution in [3.05, 3.63) is 101 Å². The van der Waals surface area contributed by atoms with E-state index in [1.807, 2.05) is 41.1 Å². The summed E-state index contributed by atoms with van der Waals surface area (Å²) >= 11 is 0. The number of ether oxygens (including phenoxy) is 2. The average molecular weight is 455 g/mol. The van der Waals surface area contributed by atoms with Crippen molar-refractivity contribution in [1.29, 1.82) is 0 Å². The number of carbonyl (C=O) groups excluding carboxylic acids is 1. The Morgan fingerprint density at radius 1 is 0.882 bits per heavy atom. The molecule has 34 heavy (non-hydrogen) atoms. The van der Waals surface area contributed by atoms with Crippen molar-refractivity contribution < 1.29 is 14.3 Å². The fourth-order valence-electron chi connectivity index (χ4n) is 4.65. The summed E-state index contributed by atoms with van der Waals surface area (Å²) < 4.78 is 13.0. The number of amides is 1. The molecule has 0 unspecified atom stereocenters. The van der Waals surface area contributed by atoms with E-state index in [1.165, 1.54) is 6.33 Å². The molecule has 5 rings (SSSR count). The molecule has 2 heterocycles. The highest BCUT2D eigenvalue weighted by molar-refractivity contribution is 6.07. The maximum absolute atomic E-state index is 14.0. The van der Waals surface area contributed by atoms with E-state index in [0.717, 1.165) is 22.4 Å². The Morgan fingerprint density at radius 2 is 1.56 bits per heavy atom. The Kier molecular flexibility index (Phi) is 5.76. The van der Waals surface area contributed by atoms with Crippen LogP contribution < -0.4 is 14.4 Å². The van der Waals surface area contributed by atoms with Crippen LogP contribution in [0, 0.1) is 6.92 Å². The molecule has 1 aliphatic heterocycles. The first-order valence-corrected chi connectivity index (χ1v) is 11.2. The third-order valence-corrected chi connectivity index (χ3v) is 6.34. The summed E-state index contributed by atoms with van der Waals surface area (Å²) in [5.74, 6) is 1.61. The maximum Gasteiger partial charge on any atom is 0.264 e. The first-order valence-electron chi connectivity index (χ1n) is 11.2. The van der Waals surface area contributed by atoms with Gasteiger partial charge in [0.05, 0.1) is 31.9 Å². The maximum atomic E-state index is 14.0. The van der Waals surface area contributed by atoms with Crippen molar-refractivity contribution in [2.45, 2.75) is 25.4 Å². The number of hydrogen-bond donors (Lipinski definition) is 0. The van der Waals surface area contributed by atoms with Crippen LogP contribution in [0.5, 0.6) is 11.5 Å². The Morgan fingerprint density at radius 3 is 2.29 bits per heavy atom. The summed E-state index contributed by atoms with van der Waals surface area (Å²) in [6.45, 7) is 2.05. The van der Waals surface area contributed by atoms with Gasteiger partial charge in [-0.25, -0.2) is 4.68 Å². The summed E-state index contributed by atoms with van der Waals surface area (Å²) in [5.41, 5.74) is 3.67. The predicted molar refractivity (Wildman–Crippen MR) is 129 cm³/mol. The van der Waals surface area contributed by atoms with Crippen LogP contribution in [0.2, 0.25) is 0 Å². The number of aromatic nitrogens is 3. The average Bonchev–Trinajstić information content (AvgIpc) is 3.37. The van der Waals surface area contributed by atoms with Crippen LogP contribution in [0.3, 0.4) is 0 Å². The number of methoxy groups -OCH3 is 2. The predicted octanol–water partition coefficient (Wildman–Crippen LogP) is 4.98. The Hall–Kier alpha value is -4.13. The summed E-state index contributed by atoms with van der Waals surface area (Å²) in [7, 11) is 3.23. The highest BCUT2D eigenvalue weighted by Crippen LogP contribution is 2.44. The molecular formula is C27H26N4O3. The third kappa shape index (κ3) is 3.69. The monoisotopic (exact) mass is 454 g/mol. The van der Waals surface area contributed by atoms with Gasteiger partial charge in [-0.2, -0.15) is 10.1 Å². The number of aryl methyl sites for hydroxylation is 1. The molecule has 0 radical (unpaired) electrons. The lowest BCUT2D eigenvalue weighted by atomic mass is 9.90. The number of anilines is 1. The zero-order valence-corrected chi connectivity index (χ0v) is 19.4. The minimum atomic E-state index is -0.260. The number of fused-ring (bicyclic) bond motifs is 1. The van der Waals surface area contributed by atoms with E-state index in [-0.39, 0.29) is 18.0 Å². The van der Waals surface area contributed by atoms with E-state index in [2.05, 4.69) is 41.3 Å². The summed E-state index contributed by atoms with van der Waals surface area (Å²) in [6.07, 6.45) is 2.11. The second-order valence-corrected chi connectivity index (χ2v) is 8.30. The van der Waals surface area contributed by atoms with Crippen LogP contribution in [0.15, 0.2) is 79.1 Å². The first kappa shape index (κ1) is 21.7. The number of nitrogens with zero attached hydrogens (tertiary/aromatic N) is 4. The molecule has 0 bridgehead atoms. The zero-order valence-electron chi connectivity index (χ0n) is 19.4. The molecule has 4 aromatic rings. The molecule has 1 amide bonds. The van der Waals surface area contributed by atoms with E-state index in [9.17, 15) is 4.79 Å². The van der Waals surface area contributed by atoms with Crippen molar-refractivity contribution in [2.75, 3.05) is 19.1 Å². The molecular weight excluding hydrogens is 428 g/mol. The Labute approximate surface area is 198 Å².